The molecule has 0 heterocycles. The lowest BCUT2D eigenvalue weighted by Crippen LogP contribution is -2.47. The third kappa shape index (κ3) is 6.35. The lowest BCUT2D eigenvalue weighted by atomic mass is 10.00. The minimum absolute atomic E-state index is 0.0187. The van der Waals surface area contributed by atoms with E-state index >= 15 is 0 Å². The average molecular weight is 394 g/mol. The zero-order chi connectivity index (χ0) is 20.8. The Labute approximate surface area is 160 Å². The van der Waals surface area contributed by atoms with E-state index in [9.17, 15) is 14.9 Å². The van der Waals surface area contributed by atoms with E-state index in [0.29, 0.717) is 5.56 Å². The van der Waals surface area contributed by atoms with Crippen molar-refractivity contribution in [3.63, 3.8) is 0 Å². The van der Waals surface area contributed by atoms with Crippen LogP contribution in [0.1, 0.15) is 39.3 Å². The van der Waals surface area contributed by atoms with E-state index in [2.05, 4.69) is 49.2 Å². The van der Waals surface area contributed by atoms with Crippen molar-refractivity contribution in [1.82, 2.24) is 5.32 Å². The third-order valence-corrected chi connectivity index (χ3v) is 9.32. The zero-order valence-electron chi connectivity index (χ0n) is 16.6. The number of hydrogen-bond acceptors (Lipinski definition) is 5. The summed E-state index contributed by atoms with van der Waals surface area (Å²) >= 11 is 0. The molecule has 0 aliphatic heterocycles. The zero-order valence-corrected chi connectivity index (χ0v) is 17.6. The van der Waals surface area contributed by atoms with Crippen molar-refractivity contribution < 1.29 is 14.1 Å². The molecule has 0 aliphatic rings. The second-order valence-electron chi connectivity index (χ2n) is 7.88. The van der Waals surface area contributed by atoms with Crippen LogP contribution in [0.25, 0.3) is 10.4 Å². The normalized spacial score (nSPS) is 14.0. The van der Waals surface area contributed by atoms with Crippen LogP contribution in [0.15, 0.2) is 29.4 Å². The lowest BCUT2D eigenvalue weighted by molar-refractivity contribution is -0.384. The molecule has 27 heavy (non-hydrogen) atoms. The van der Waals surface area contributed by atoms with Crippen LogP contribution in [-0.2, 0) is 9.22 Å². The van der Waals surface area contributed by atoms with Gasteiger partial charge in [0.25, 0.3) is 5.69 Å². The highest BCUT2D eigenvalue weighted by molar-refractivity contribution is 6.74. The minimum atomic E-state index is -2.09. The Balaban J connectivity index is 3.16. The van der Waals surface area contributed by atoms with Gasteiger partial charge in [-0.05, 0) is 29.2 Å². The van der Waals surface area contributed by atoms with Crippen LogP contribution < -0.4 is 5.32 Å². The van der Waals surface area contributed by atoms with E-state index in [1.54, 1.807) is 0 Å². The van der Waals surface area contributed by atoms with E-state index in [-0.39, 0.29) is 23.2 Å². The number of nitrogens with zero attached hydrogens (tertiary/aromatic N) is 4. The molecule has 10 heteroatoms. The van der Waals surface area contributed by atoms with Gasteiger partial charge in [-0.2, -0.15) is 0 Å². The molecule has 2 atom stereocenters. The van der Waals surface area contributed by atoms with Crippen LogP contribution in [0.5, 0.6) is 0 Å². The van der Waals surface area contributed by atoms with Gasteiger partial charge in [-0.15, -0.1) is 0 Å². The predicted octanol–water partition coefficient (Wildman–Crippen LogP) is 4.47. The van der Waals surface area contributed by atoms with Gasteiger partial charge < -0.3 is 9.74 Å². The number of nitrogens with one attached hydrogen (secondary N) is 1. The smallest absolute Gasteiger partial charge is 0.269 e. The second-order valence-corrected chi connectivity index (χ2v) is 12.7. The van der Waals surface area contributed by atoms with Crippen molar-refractivity contribution in [1.29, 1.82) is 0 Å². The van der Waals surface area contributed by atoms with Gasteiger partial charge in [0, 0.05) is 24.0 Å². The number of nitro groups is 1. The summed E-state index contributed by atoms with van der Waals surface area (Å²) in [6.45, 7) is 12.0. The summed E-state index contributed by atoms with van der Waals surface area (Å²) in [4.78, 5) is 24.9. The molecule has 1 N–H and O–H groups in total. The third-order valence-electron chi connectivity index (χ3n) is 4.82. The second kappa shape index (κ2) is 8.98. The van der Waals surface area contributed by atoms with Gasteiger partial charge >= 0.3 is 0 Å². The highest BCUT2D eigenvalue weighted by Crippen LogP contribution is 2.37. The molecule has 0 fully saturated rings. The number of carbonyl (C=O) groups excluding carboxylic acids is 1. The first-order valence-corrected chi connectivity index (χ1v) is 11.5. The first-order valence-electron chi connectivity index (χ1n) is 8.58. The van der Waals surface area contributed by atoms with E-state index in [1.165, 1.54) is 31.2 Å². The van der Waals surface area contributed by atoms with Crippen molar-refractivity contribution in [2.75, 3.05) is 6.61 Å². The quantitative estimate of drug-likeness (QED) is 0.174. The SMILES string of the molecule is CC(=O)N[C@H](CO[Si](C)(C)C(C)(C)C)[C@@H](N=[N+]=[N-])c1ccc([N+](=O)[O-])cc1. The molecular formula is C17H27N5O4Si. The first-order chi connectivity index (χ1) is 12.4. The molecule has 1 amide bonds. The van der Waals surface area contributed by atoms with Gasteiger partial charge in [-0.1, -0.05) is 38.0 Å². The maximum absolute atomic E-state index is 11.7. The molecule has 0 saturated carbocycles. The van der Waals surface area contributed by atoms with Crippen molar-refractivity contribution >= 4 is 19.9 Å². The Hall–Kier alpha value is -2.42. The van der Waals surface area contributed by atoms with Crippen LogP contribution >= 0.6 is 0 Å². The Morgan fingerprint density at radius 3 is 2.33 bits per heavy atom. The molecule has 0 radical (unpaired) electrons. The molecule has 0 aromatic heterocycles. The fourth-order valence-electron chi connectivity index (χ4n) is 2.22. The van der Waals surface area contributed by atoms with Crippen LogP contribution in [0.3, 0.4) is 0 Å². The standard InChI is InChI=1S/C17H27N5O4Si/c1-12(23)19-15(11-26-27(5,6)17(2,3)4)16(20-21-18)13-7-9-14(10-8-13)22(24)25/h7-10,15-16H,11H2,1-6H3,(H,19,23)/t15-,16+/m1/s1. The summed E-state index contributed by atoms with van der Waals surface area (Å²) < 4.78 is 6.20. The van der Waals surface area contributed by atoms with Gasteiger partial charge in [-0.3, -0.25) is 14.9 Å². The molecule has 1 aromatic rings. The number of azide groups is 1. The van der Waals surface area contributed by atoms with Crippen LogP contribution in [-0.4, -0.2) is 31.8 Å². The van der Waals surface area contributed by atoms with Gasteiger partial charge in [0.05, 0.1) is 23.6 Å². The average Bonchev–Trinajstić information content (AvgIpc) is 2.55. The summed E-state index contributed by atoms with van der Waals surface area (Å²) in [5, 5.41) is 17.4. The van der Waals surface area contributed by atoms with E-state index in [0.717, 1.165) is 0 Å². The van der Waals surface area contributed by atoms with Gasteiger partial charge in [-0.25, -0.2) is 0 Å². The maximum atomic E-state index is 11.7. The molecular weight excluding hydrogens is 366 g/mol. The van der Waals surface area contributed by atoms with Crippen molar-refractivity contribution in [3.8, 4) is 0 Å². The van der Waals surface area contributed by atoms with Crippen molar-refractivity contribution in [3.05, 3.63) is 50.4 Å². The highest BCUT2D eigenvalue weighted by Gasteiger charge is 2.38. The van der Waals surface area contributed by atoms with Crippen molar-refractivity contribution in [2.45, 2.75) is 57.9 Å². The summed E-state index contributed by atoms with van der Waals surface area (Å²) in [6, 6.07) is 4.40. The fourth-order valence-corrected chi connectivity index (χ4v) is 3.24. The number of non-ortho nitro benzene ring substituents is 1. The number of hydrogen-bond donors (Lipinski definition) is 1. The largest absolute Gasteiger partial charge is 0.415 e. The molecule has 0 saturated heterocycles. The molecule has 0 bridgehead atoms. The van der Waals surface area contributed by atoms with Gasteiger partial charge in [0.15, 0.2) is 8.32 Å². The van der Waals surface area contributed by atoms with E-state index < -0.39 is 25.3 Å². The number of rotatable bonds is 8. The Morgan fingerprint density at radius 2 is 1.93 bits per heavy atom. The lowest BCUT2D eigenvalue weighted by Gasteiger charge is -2.38. The fraction of sp³-hybridized carbons (Fsp3) is 0.588. The predicted molar refractivity (Wildman–Crippen MR) is 106 cm³/mol. The van der Waals surface area contributed by atoms with Gasteiger partial charge in [0.1, 0.15) is 0 Å². The Bertz CT molecular complexity index is 724. The van der Waals surface area contributed by atoms with Crippen LogP contribution in [0.4, 0.5) is 5.69 Å². The van der Waals surface area contributed by atoms with Crippen LogP contribution in [0.2, 0.25) is 18.1 Å². The molecule has 1 aromatic carbocycles. The molecule has 148 valence electrons. The number of amides is 1. The summed E-state index contributed by atoms with van der Waals surface area (Å²) in [6.07, 6.45) is 0. The maximum Gasteiger partial charge on any atom is 0.269 e. The Kier molecular flexibility index (Phi) is 7.52. The topological polar surface area (TPSA) is 130 Å². The summed E-state index contributed by atoms with van der Waals surface area (Å²) in [5.74, 6) is -0.279. The Morgan fingerprint density at radius 1 is 1.37 bits per heavy atom. The minimum Gasteiger partial charge on any atom is -0.415 e. The summed E-state index contributed by atoms with van der Waals surface area (Å²) in [5.41, 5.74) is 9.49. The number of carbonyl (C=O) groups is 1. The first kappa shape index (κ1) is 22.6. The molecule has 0 spiro atoms. The molecule has 9 nitrogen and oxygen atoms in total. The van der Waals surface area contributed by atoms with Crippen molar-refractivity contribution in [2.24, 2.45) is 5.11 Å². The molecule has 0 aliphatic carbocycles. The number of nitro benzene ring substituents is 1. The van der Waals surface area contributed by atoms with Crippen LogP contribution in [0, 0.1) is 10.1 Å². The monoisotopic (exact) mass is 393 g/mol. The highest BCUT2D eigenvalue weighted by atomic mass is 28.4. The molecule has 0 unspecified atom stereocenters. The van der Waals surface area contributed by atoms with E-state index in [1.807, 2.05) is 0 Å². The summed E-state index contributed by atoms with van der Waals surface area (Å²) in [7, 11) is -2.09. The van der Waals surface area contributed by atoms with E-state index in [4.69, 9.17) is 9.96 Å². The molecule has 1 rings (SSSR count). The number of benzene rings is 1. The van der Waals surface area contributed by atoms with Gasteiger partial charge in [0.2, 0.25) is 5.91 Å².